The number of carbonyl (C=O) groups is 2. The van der Waals surface area contributed by atoms with Gasteiger partial charge in [0.25, 0.3) is 5.91 Å². The molecule has 0 saturated carbocycles. The molecular formula is C11H12ClNO3. The number of nitrogens with one attached hydrogen (secondary N) is 1. The number of aliphatic hydroxyl groups is 1. The molecule has 1 aromatic rings. The number of hydrogen-bond acceptors (Lipinski definition) is 3. The molecule has 0 aliphatic heterocycles. The van der Waals surface area contributed by atoms with Crippen molar-refractivity contribution in [2.45, 2.75) is 13.0 Å². The van der Waals surface area contributed by atoms with Crippen molar-refractivity contribution in [1.82, 2.24) is 5.32 Å². The molecule has 1 amide bonds. The highest BCUT2D eigenvalue weighted by atomic mass is 35.5. The third kappa shape index (κ3) is 3.64. The van der Waals surface area contributed by atoms with Crippen LogP contribution in [0.4, 0.5) is 0 Å². The minimum absolute atomic E-state index is 0.0537. The highest BCUT2D eigenvalue weighted by molar-refractivity contribution is 6.43. The fourth-order valence-corrected chi connectivity index (χ4v) is 1.18. The fourth-order valence-electron chi connectivity index (χ4n) is 1.05. The number of halogens is 1. The van der Waals surface area contributed by atoms with Gasteiger partial charge in [-0.05, 0) is 31.2 Å². The average Bonchev–Trinajstić information content (AvgIpc) is 2.26. The van der Waals surface area contributed by atoms with Crippen molar-refractivity contribution in [2.24, 2.45) is 0 Å². The molecule has 0 unspecified atom stereocenters. The minimum atomic E-state index is -0.733. The maximum atomic E-state index is 11.5. The molecule has 0 heterocycles. The first-order valence-electron chi connectivity index (χ1n) is 4.77. The van der Waals surface area contributed by atoms with Gasteiger partial charge in [-0.2, -0.15) is 0 Å². The van der Waals surface area contributed by atoms with E-state index < -0.39 is 17.8 Å². The summed E-state index contributed by atoms with van der Waals surface area (Å²) in [4.78, 5) is 22.9. The smallest absolute Gasteiger partial charge is 0.292 e. The number of rotatable bonds is 4. The third-order valence-electron chi connectivity index (χ3n) is 1.87. The molecule has 2 N–H and O–H groups in total. The third-order valence-corrected chi connectivity index (χ3v) is 2.12. The molecule has 5 heteroatoms. The normalized spacial score (nSPS) is 11.9. The molecule has 0 aromatic heterocycles. The Morgan fingerprint density at radius 1 is 1.38 bits per heavy atom. The summed E-state index contributed by atoms with van der Waals surface area (Å²) in [6.45, 7) is 1.57. The van der Waals surface area contributed by atoms with Gasteiger partial charge in [-0.3, -0.25) is 9.59 Å². The molecule has 0 aliphatic carbocycles. The van der Waals surface area contributed by atoms with Crippen LogP contribution in [-0.2, 0) is 4.79 Å². The van der Waals surface area contributed by atoms with Crippen LogP contribution in [0.25, 0.3) is 0 Å². The van der Waals surface area contributed by atoms with Crippen LogP contribution < -0.4 is 5.32 Å². The lowest BCUT2D eigenvalue weighted by molar-refractivity contribution is -0.117. The van der Waals surface area contributed by atoms with Gasteiger partial charge >= 0.3 is 0 Å². The average molecular weight is 242 g/mol. The molecule has 1 aromatic carbocycles. The Hall–Kier alpha value is -1.39. The number of benzene rings is 1. The lowest BCUT2D eigenvalue weighted by Crippen LogP contribution is -2.35. The zero-order chi connectivity index (χ0) is 12.1. The Kier molecular flexibility index (Phi) is 4.46. The molecule has 0 saturated heterocycles. The first-order valence-corrected chi connectivity index (χ1v) is 5.14. The number of aliphatic hydroxyl groups excluding tert-OH is 1. The van der Waals surface area contributed by atoms with Gasteiger partial charge in [0, 0.05) is 17.1 Å². The molecule has 0 radical (unpaired) electrons. The highest BCUT2D eigenvalue weighted by Crippen LogP contribution is 2.09. The lowest BCUT2D eigenvalue weighted by atomic mass is 10.1. The van der Waals surface area contributed by atoms with Crippen LogP contribution >= 0.6 is 11.6 Å². The van der Waals surface area contributed by atoms with E-state index in [-0.39, 0.29) is 12.1 Å². The van der Waals surface area contributed by atoms with Gasteiger partial charge in [0.05, 0.1) is 6.10 Å². The quantitative estimate of drug-likeness (QED) is 0.611. The monoisotopic (exact) mass is 241 g/mol. The lowest BCUT2D eigenvalue weighted by Gasteiger charge is -2.06. The summed E-state index contributed by atoms with van der Waals surface area (Å²) in [7, 11) is 0. The van der Waals surface area contributed by atoms with E-state index in [1.807, 2.05) is 0 Å². The largest absolute Gasteiger partial charge is 0.392 e. The molecule has 16 heavy (non-hydrogen) atoms. The molecule has 4 nitrogen and oxygen atoms in total. The number of carbonyl (C=O) groups excluding carboxylic acids is 2. The highest BCUT2D eigenvalue weighted by Gasteiger charge is 2.15. The summed E-state index contributed by atoms with van der Waals surface area (Å²) in [6.07, 6.45) is -0.679. The van der Waals surface area contributed by atoms with Crippen LogP contribution in [0, 0.1) is 0 Å². The Morgan fingerprint density at radius 3 is 2.44 bits per heavy atom. The predicted octanol–water partition coefficient (Wildman–Crippen LogP) is 1.02. The van der Waals surface area contributed by atoms with Gasteiger partial charge in [0.2, 0.25) is 5.78 Å². The summed E-state index contributed by atoms with van der Waals surface area (Å²) in [5.41, 5.74) is 0.271. The second-order valence-electron chi connectivity index (χ2n) is 3.40. The van der Waals surface area contributed by atoms with E-state index in [1.54, 1.807) is 0 Å². The Labute approximate surface area is 98.2 Å². The van der Waals surface area contributed by atoms with E-state index in [4.69, 9.17) is 16.7 Å². The van der Waals surface area contributed by atoms with Gasteiger partial charge in [0.15, 0.2) is 0 Å². The van der Waals surface area contributed by atoms with Crippen molar-refractivity contribution < 1.29 is 14.7 Å². The van der Waals surface area contributed by atoms with Crippen molar-refractivity contribution in [1.29, 1.82) is 0 Å². The molecule has 0 bridgehead atoms. The van der Waals surface area contributed by atoms with Gasteiger partial charge in [-0.25, -0.2) is 0 Å². The number of ketones is 1. The Bertz CT molecular complexity index is 387. The van der Waals surface area contributed by atoms with Crippen LogP contribution in [-0.4, -0.2) is 29.4 Å². The Morgan fingerprint density at radius 2 is 1.94 bits per heavy atom. The molecule has 0 aliphatic rings. The maximum Gasteiger partial charge on any atom is 0.292 e. The molecule has 0 fully saturated rings. The van der Waals surface area contributed by atoms with Crippen molar-refractivity contribution in [3.05, 3.63) is 34.9 Å². The topological polar surface area (TPSA) is 66.4 Å². The van der Waals surface area contributed by atoms with E-state index in [1.165, 1.54) is 31.2 Å². The second-order valence-corrected chi connectivity index (χ2v) is 3.83. The molecule has 1 rings (SSSR count). The van der Waals surface area contributed by atoms with Gasteiger partial charge in [-0.15, -0.1) is 0 Å². The summed E-state index contributed by atoms with van der Waals surface area (Å²) in [6, 6.07) is 6.03. The summed E-state index contributed by atoms with van der Waals surface area (Å²) < 4.78 is 0. The SMILES string of the molecule is C[C@@H](O)CNC(=O)C(=O)c1ccc(Cl)cc1. The predicted molar refractivity (Wildman–Crippen MR) is 60.5 cm³/mol. The van der Waals surface area contributed by atoms with E-state index in [9.17, 15) is 9.59 Å². The van der Waals surface area contributed by atoms with Crippen LogP contribution in [0.15, 0.2) is 24.3 Å². The fraction of sp³-hybridized carbons (Fsp3) is 0.273. The van der Waals surface area contributed by atoms with E-state index in [0.717, 1.165) is 0 Å². The molecular weight excluding hydrogens is 230 g/mol. The van der Waals surface area contributed by atoms with Crippen LogP contribution in [0.2, 0.25) is 5.02 Å². The van der Waals surface area contributed by atoms with E-state index in [0.29, 0.717) is 5.02 Å². The summed E-state index contributed by atoms with van der Waals surface area (Å²) in [5.74, 6) is -1.37. The Balaban J connectivity index is 2.64. The first kappa shape index (κ1) is 12.7. The minimum Gasteiger partial charge on any atom is -0.392 e. The molecule has 1 atom stereocenters. The standard InChI is InChI=1S/C11H12ClNO3/c1-7(14)6-13-11(16)10(15)8-2-4-9(12)5-3-8/h2-5,7,14H,6H2,1H3,(H,13,16)/t7-/m1/s1. The van der Waals surface area contributed by atoms with Crippen molar-refractivity contribution in [3.63, 3.8) is 0 Å². The van der Waals surface area contributed by atoms with Crippen molar-refractivity contribution in [2.75, 3.05) is 6.54 Å². The van der Waals surface area contributed by atoms with Crippen LogP contribution in [0.3, 0.4) is 0 Å². The molecule has 0 spiro atoms. The van der Waals surface area contributed by atoms with E-state index in [2.05, 4.69) is 5.32 Å². The van der Waals surface area contributed by atoms with Crippen molar-refractivity contribution in [3.8, 4) is 0 Å². The number of Topliss-reactive ketones (excluding diaryl/α,β-unsaturated/α-hetero) is 1. The summed E-state index contributed by atoms with van der Waals surface area (Å²) >= 11 is 5.65. The first-order chi connectivity index (χ1) is 7.50. The number of hydrogen-bond donors (Lipinski definition) is 2. The second kappa shape index (κ2) is 5.63. The van der Waals surface area contributed by atoms with E-state index >= 15 is 0 Å². The summed E-state index contributed by atoms with van der Waals surface area (Å²) in [5, 5.41) is 11.8. The van der Waals surface area contributed by atoms with Gasteiger partial charge in [0.1, 0.15) is 0 Å². The zero-order valence-corrected chi connectivity index (χ0v) is 9.49. The number of amides is 1. The van der Waals surface area contributed by atoms with Crippen LogP contribution in [0.5, 0.6) is 0 Å². The molecule has 86 valence electrons. The van der Waals surface area contributed by atoms with Gasteiger partial charge in [-0.1, -0.05) is 11.6 Å². The van der Waals surface area contributed by atoms with Gasteiger partial charge < -0.3 is 10.4 Å². The zero-order valence-electron chi connectivity index (χ0n) is 8.74. The maximum absolute atomic E-state index is 11.5. The van der Waals surface area contributed by atoms with Crippen molar-refractivity contribution >= 4 is 23.3 Å². The van der Waals surface area contributed by atoms with Crippen LogP contribution in [0.1, 0.15) is 17.3 Å².